The van der Waals surface area contributed by atoms with Crippen molar-refractivity contribution in [3.8, 4) is 17.9 Å². The Bertz CT molecular complexity index is 2050. The van der Waals surface area contributed by atoms with E-state index < -0.39 is 0 Å². The molecule has 5 heterocycles. The van der Waals surface area contributed by atoms with Crippen LogP contribution in [-0.4, -0.2) is 32.0 Å². The molecule has 196 valence electrons. The van der Waals surface area contributed by atoms with E-state index in [0.717, 1.165) is 27.5 Å². The number of aromatic nitrogens is 5. The first kappa shape index (κ1) is 25.3. The molecule has 6 aromatic rings. The van der Waals surface area contributed by atoms with E-state index in [1.807, 2.05) is 61.5 Å². The van der Waals surface area contributed by atoms with Crippen LogP contribution in [0.3, 0.4) is 0 Å². The number of allylic oxidation sites excluding steroid dienone is 4. The fourth-order valence-electron chi connectivity index (χ4n) is 5.25. The Balaban J connectivity index is 1.81. The summed E-state index contributed by atoms with van der Waals surface area (Å²) in [5.74, 6) is 0.671. The van der Waals surface area contributed by atoms with Crippen molar-refractivity contribution in [1.29, 1.82) is 10.5 Å². The number of benzene rings is 1. The predicted octanol–water partition coefficient (Wildman–Crippen LogP) is 6.72. The number of rotatable bonds is 6. The van der Waals surface area contributed by atoms with Crippen molar-refractivity contribution in [2.75, 3.05) is 7.11 Å². The van der Waals surface area contributed by atoms with Crippen molar-refractivity contribution in [3.05, 3.63) is 120 Å². The minimum absolute atomic E-state index is 0.374. The Morgan fingerprint density at radius 2 is 1.51 bits per heavy atom. The first-order valence-electron chi connectivity index (χ1n) is 12.8. The monoisotopic (exact) mass is 533 g/mol. The van der Waals surface area contributed by atoms with E-state index in [2.05, 4.69) is 37.1 Å². The number of hydrogen-bond acceptors (Lipinski definition) is 6. The van der Waals surface area contributed by atoms with Crippen LogP contribution in [0.25, 0.3) is 44.2 Å². The van der Waals surface area contributed by atoms with Gasteiger partial charge in [-0.2, -0.15) is 10.5 Å². The molecule has 0 radical (unpaired) electrons. The molecule has 0 unspecified atom stereocenters. The summed E-state index contributed by atoms with van der Waals surface area (Å²) < 4.78 is 5.51. The van der Waals surface area contributed by atoms with Crippen LogP contribution in [0.1, 0.15) is 27.9 Å². The molecule has 8 heteroatoms. The molecular weight excluding hydrogens is 510 g/mol. The quantitative estimate of drug-likeness (QED) is 0.181. The lowest BCUT2D eigenvalue weighted by Crippen LogP contribution is -2.00. The third-order valence-corrected chi connectivity index (χ3v) is 7.04. The summed E-state index contributed by atoms with van der Waals surface area (Å²) in [5, 5.41) is 23.3. The van der Waals surface area contributed by atoms with Gasteiger partial charge in [0.25, 0.3) is 0 Å². The van der Waals surface area contributed by atoms with Gasteiger partial charge in [-0.25, -0.2) is 4.98 Å². The van der Waals surface area contributed by atoms with Crippen LogP contribution in [0.15, 0.2) is 91.8 Å². The van der Waals surface area contributed by atoms with Crippen LogP contribution in [-0.2, 0) is 0 Å². The molecule has 0 bridgehead atoms. The molecule has 0 aliphatic carbocycles. The van der Waals surface area contributed by atoms with E-state index in [1.165, 1.54) is 0 Å². The van der Waals surface area contributed by atoms with Crippen molar-refractivity contribution in [1.82, 2.24) is 24.9 Å². The number of fused-ring (bicyclic) bond motifs is 2. The van der Waals surface area contributed by atoms with Gasteiger partial charge in [-0.1, -0.05) is 12.1 Å². The summed E-state index contributed by atoms with van der Waals surface area (Å²) in [5.41, 5.74) is 6.99. The highest BCUT2D eigenvalue weighted by Crippen LogP contribution is 2.44. The summed E-state index contributed by atoms with van der Waals surface area (Å²) in [6.45, 7) is 1.93. The van der Waals surface area contributed by atoms with Gasteiger partial charge in [-0.15, -0.1) is 0 Å². The number of pyridine rings is 3. The summed E-state index contributed by atoms with van der Waals surface area (Å²) in [7, 11) is 1.61. The van der Waals surface area contributed by atoms with Crippen molar-refractivity contribution < 1.29 is 4.74 Å². The molecule has 0 saturated carbocycles. The molecule has 6 rings (SSSR count). The second-order valence-electron chi connectivity index (χ2n) is 9.35. The summed E-state index contributed by atoms with van der Waals surface area (Å²) in [6, 6.07) is 21.8. The molecule has 0 aliphatic heterocycles. The van der Waals surface area contributed by atoms with Crippen molar-refractivity contribution in [3.63, 3.8) is 0 Å². The SMILES string of the molecule is COc1ccc2[nH]c(C)c(/C(C#N)=C(\C(=C(\C#N)c3c[nH]c4ncccc34)c3cccnc3)c3cccnc3)c2c1. The van der Waals surface area contributed by atoms with Crippen LogP contribution in [0.5, 0.6) is 5.75 Å². The topological polar surface area (TPSA) is 127 Å². The maximum Gasteiger partial charge on any atom is 0.137 e. The molecule has 5 aromatic heterocycles. The van der Waals surface area contributed by atoms with Gasteiger partial charge in [0.2, 0.25) is 0 Å². The van der Waals surface area contributed by atoms with E-state index in [9.17, 15) is 10.5 Å². The Labute approximate surface area is 235 Å². The number of nitriles is 2. The third kappa shape index (κ3) is 4.40. The largest absolute Gasteiger partial charge is 0.497 e. The number of aromatic amines is 2. The first-order chi connectivity index (χ1) is 20.1. The smallest absolute Gasteiger partial charge is 0.137 e. The maximum absolute atomic E-state index is 10.9. The molecule has 41 heavy (non-hydrogen) atoms. The minimum atomic E-state index is 0.374. The zero-order valence-corrected chi connectivity index (χ0v) is 22.3. The summed E-state index contributed by atoms with van der Waals surface area (Å²) >= 11 is 0. The van der Waals surface area contributed by atoms with E-state index in [4.69, 9.17) is 4.74 Å². The first-order valence-corrected chi connectivity index (χ1v) is 12.8. The molecule has 0 fully saturated rings. The normalized spacial score (nSPS) is 12.4. The summed E-state index contributed by atoms with van der Waals surface area (Å²) in [6.07, 6.45) is 10.2. The van der Waals surface area contributed by atoms with Crippen molar-refractivity contribution >= 4 is 44.2 Å². The van der Waals surface area contributed by atoms with Crippen LogP contribution in [0, 0.1) is 29.6 Å². The molecular formula is C33H23N7O. The number of H-pyrrole nitrogens is 2. The highest BCUT2D eigenvalue weighted by Gasteiger charge is 2.26. The van der Waals surface area contributed by atoms with Gasteiger partial charge in [-0.3, -0.25) is 9.97 Å². The number of ether oxygens (including phenoxy) is 1. The molecule has 0 aliphatic rings. The zero-order valence-electron chi connectivity index (χ0n) is 22.3. The molecule has 8 nitrogen and oxygen atoms in total. The van der Waals surface area contributed by atoms with E-state index in [0.29, 0.717) is 50.4 Å². The fraction of sp³-hybridized carbons (Fsp3) is 0.0606. The fourth-order valence-corrected chi connectivity index (χ4v) is 5.25. The molecule has 0 amide bonds. The number of hydrogen-bond donors (Lipinski definition) is 2. The highest BCUT2D eigenvalue weighted by molar-refractivity contribution is 6.27. The van der Waals surface area contributed by atoms with Crippen molar-refractivity contribution in [2.24, 2.45) is 0 Å². The van der Waals surface area contributed by atoms with Gasteiger partial charge in [0, 0.05) is 92.6 Å². The highest BCUT2D eigenvalue weighted by atomic mass is 16.5. The lowest BCUT2D eigenvalue weighted by Gasteiger charge is -2.18. The zero-order chi connectivity index (χ0) is 28.3. The number of aryl methyl sites for hydroxylation is 1. The molecule has 0 spiro atoms. The second kappa shape index (κ2) is 10.6. The Morgan fingerprint density at radius 1 is 0.829 bits per heavy atom. The number of nitrogens with one attached hydrogen (secondary N) is 2. The minimum Gasteiger partial charge on any atom is -0.497 e. The van der Waals surface area contributed by atoms with Crippen LogP contribution >= 0.6 is 0 Å². The third-order valence-electron chi connectivity index (χ3n) is 7.04. The predicted molar refractivity (Wildman–Crippen MR) is 159 cm³/mol. The molecule has 1 aromatic carbocycles. The van der Waals surface area contributed by atoms with Crippen molar-refractivity contribution in [2.45, 2.75) is 6.92 Å². The van der Waals surface area contributed by atoms with Crippen LogP contribution in [0.4, 0.5) is 0 Å². The molecule has 0 saturated heterocycles. The van der Waals surface area contributed by atoms with Gasteiger partial charge in [0.1, 0.15) is 23.5 Å². The van der Waals surface area contributed by atoms with Crippen LogP contribution in [0.2, 0.25) is 0 Å². The summed E-state index contributed by atoms with van der Waals surface area (Å²) in [4.78, 5) is 19.8. The van der Waals surface area contributed by atoms with Crippen LogP contribution < -0.4 is 4.74 Å². The van der Waals surface area contributed by atoms with Gasteiger partial charge in [0.05, 0.1) is 18.3 Å². The Morgan fingerprint density at radius 3 is 2.15 bits per heavy atom. The Hall–Kier alpha value is -5.99. The van der Waals surface area contributed by atoms with Gasteiger partial charge in [0.15, 0.2) is 0 Å². The van der Waals surface area contributed by atoms with Gasteiger partial charge in [-0.05, 0) is 49.4 Å². The van der Waals surface area contributed by atoms with E-state index in [1.54, 1.807) is 44.3 Å². The lowest BCUT2D eigenvalue weighted by molar-refractivity contribution is 0.415. The maximum atomic E-state index is 10.9. The van der Waals surface area contributed by atoms with Gasteiger partial charge >= 0.3 is 0 Å². The number of methoxy groups -OCH3 is 1. The second-order valence-corrected chi connectivity index (χ2v) is 9.35. The number of nitrogens with zero attached hydrogens (tertiary/aromatic N) is 5. The average Bonchev–Trinajstić information content (AvgIpc) is 3.60. The Kier molecular flexibility index (Phi) is 6.57. The molecule has 0 atom stereocenters. The van der Waals surface area contributed by atoms with Gasteiger partial charge < -0.3 is 14.7 Å². The van der Waals surface area contributed by atoms with E-state index in [-0.39, 0.29) is 0 Å². The lowest BCUT2D eigenvalue weighted by atomic mass is 9.83. The average molecular weight is 534 g/mol. The molecule has 2 N–H and O–H groups in total. The standard InChI is InChI=1S/C33H23N7O/c1-20-30(25-14-23(41-2)9-10-29(25)40-20)27(16-35)32(22-7-4-12-37-18-22)31(21-6-3-11-36-17-21)26(15-34)28-19-39-33-24(28)8-5-13-38-33/h3-14,17-19,40H,1-2H3,(H,38,39)/b31-26-,32-27-. The van der Waals surface area contributed by atoms with E-state index >= 15 is 0 Å².